The van der Waals surface area contributed by atoms with Crippen molar-refractivity contribution < 1.29 is 21.6 Å². The van der Waals surface area contributed by atoms with E-state index in [2.05, 4.69) is 10.1 Å². The topological polar surface area (TPSA) is 67.8 Å². The average molecular weight is 369 g/mol. The Morgan fingerprint density at radius 3 is 2.44 bits per heavy atom. The van der Waals surface area contributed by atoms with Gasteiger partial charge in [0.05, 0.1) is 0 Å². The molecule has 0 saturated carbocycles. The molecule has 0 spiro atoms. The van der Waals surface area contributed by atoms with Gasteiger partial charge in [-0.1, -0.05) is 29.8 Å². The first-order chi connectivity index (χ1) is 11.6. The van der Waals surface area contributed by atoms with Crippen LogP contribution in [0.5, 0.6) is 0 Å². The van der Waals surface area contributed by atoms with Crippen LogP contribution in [0.25, 0.3) is 16.9 Å². The summed E-state index contributed by atoms with van der Waals surface area (Å²) in [7, 11) is -3.50. The van der Waals surface area contributed by atoms with Crippen molar-refractivity contribution in [3.05, 3.63) is 53.9 Å². The molecule has 0 amide bonds. The third kappa shape index (κ3) is 3.46. The van der Waals surface area contributed by atoms with Crippen LogP contribution in [0.1, 0.15) is 11.3 Å². The van der Waals surface area contributed by atoms with E-state index in [4.69, 9.17) is 0 Å². The van der Waals surface area contributed by atoms with Crippen molar-refractivity contribution in [1.82, 2.24) is 14.8 Å². The lowest BCUT2D eigenvalue weighted by Crippen LogP contribution is -2.09. The van der Waals surface area contributed by atoms with E-state index in [1.807, 2.05) is 0 Å². The molecule has 0 radical (unpaired) electrons. The van der Waals surface area contributed by atoms with Gasteiger partial charge in [0.2, 0.25) is 0 Å². The van der Waals surface area contributed by atoms with Gasteiger partial charge in [0.15, 0.2) is 15.5 Å². The molecular formula is C16H14F3N3O2S. The molecule has 3 rings (SSSR count). The molecule has 0 aliphatic rings. The van der Waals surface area contributed by atoms with E-state index >= 15 is 0 Å². The zero-order valence-corrected chi connectivity index (χ0v) is 14.1. The summed E-state index contributed by atoms with van der Waals surface area (Å²) in [4.78, 5) is 2.57. The first-order valence-electron chi connectivity index (χ1n) is 7.19. The van der Waals surface area contributed by atoms with Gasteiger partial charge in [-0.3, -0.25) is 0 Å². The van der Waals surface area contributed by atoms with Crippen molar-refractivity contribution in [3.8, 4) is 16.9 Å². The maximum Gasteiger partial charge on any atom is 0.435 e. The van der Waals surface area contributed by atoms with E-state index < -0.39 is 21.7 Å². The molecule has 0 unspecified atom stereocenters. The molecule has 2 aromatic heterocycles. The molecule has 0 atom stereocenters. The second-order valence-corrected chi connectivity index (χ2v) is 7.67. The van der Waals surface area contributed by atoms with Gasteiger partial charge in [0.1, 0.15) is 10.8 Å². The smallest absolute Gasteiger partial charge is 0.331 e. The molecule has 0 fully saturated rings. The minimum atomic E-state index is -4.64. The number of aryl methyl sites for hydroxylation is 1. The first-order valence-corrected chi connectivity index (χ1v) is 9.08. The highest BCUT2D eigenvalue weighted by Crippen LogP contribution is 2.36. The maximum atomic E-state index is 13.4. The van der Waals surface area contributed by atoms with E-state index in [9.17, 15) is 21.6 Å². The quantitative estimate of drug-likeness (QED) is 0.767. The number of nitrogens with zero attached hydrogens (tertiary/aromatic N) is 2. The Labute approximate surface area is 142 Å². The standard InChI is InChI=1S/C16H14F3N3O2S/c1-10-4-3-5-11(8-10)12-9-22(21-15(12)16(17,18)19)13-6-7-14(20-13)25(2,23)24/h3-9,20H,1-2H3. The fraction of sp³-hybridized carbons (Fsp3) is 0.188. The van der Waals surface area contributed by atoms with E-state index in [1.165, 1.54) is 18.3 Å². The third-order valence-electron chi connectivity index (χ3n) is 3.60. The number of benzene rings is 1. The highest BCUT2D eigenvalue weighted by molar-refractivity contribution is 7.90. The summed E-state index contributed by atoms with van der Waals surface area (Å²) in [5, 5.41) is 3.52. The molecule has 0 aliphatic carbocycles. The summed E-state index contributed by atoms with van der Waals surface area (Å²) in [5.41, 5.74) is 0.0892. The SMILES string of the molecule is Cc1cccc(-c2cn(-c3ccc(S(C)(=O)=O)[nH]3)nc2C(F)(F)F)c1. The van der Waals surface area contributed by atoms with Crippen LogP contribution >= 0.6 is 0 Å². The van der Waals surface area contributed by atoms with E-state index in [1.54, 1.807) is 31.2 Å². The summed E-state index contributed by atoms with van der Waals surface area (Å²) in [6.45, 7) is 1.78. The van der Waals surface area contributed by atoms with Gasteiger partial charge in [0, 0.05) is 18.0 Å². The molecule has 25 heavy (non-hydrogen) atoms. The molecular weight excluding hydrogens is 355 g/mol. The summed E-state index contributed by atoms with van der Waals surface area (Å²) in [6, 6.07) is 9.30. The van der Waals surface area contributed by atoms with Crippen LogP contribution in [0.15, 0.2) is 47.6 Å². The Bertz CT molecular complexity index is 1030. The lowest BCUT2D eigenvalue weighted by atomic mass is 10.0. The number of hydrogen-bond donors (Lipinski definition) is 1. The van der Waals surface area contributed by atoms with Crippen LogP contribution in [0.4, 0.5) is 13.2 Å². The number of aromatic nitrogens is 3. The number of H-pyrrole nitrogens is 1. The number of sulfone groups is 1. The van der Waals surface area contributed by atoms with Crippen LogP contribution < -0.4 is 0 Å². The number of nitrogens with one attached hydrogen (secondary N) is 1. The van der Waals surface area contributed by atoms with Gasteiger partial charge >= 0.3 is 6.18 Å². The number of rotatable bonds is 3. The van der Waals surface area contributed by atoms with E-state index in [0.29, 0.717) is 5.56 Å². The van der Waals surface area contributed by atoms with Gasteiger partial charge in [-0.2, -0.15) is 18.3 Å². The van der Waals surface area contributed by atoms with Crippen molar-refractivity contribution in [3.63, 3.8) is 0 Å². The van der Waals surface area contributed by atoms with Gasteiger partial charge in [-0.15, -0.1) is 0 Å². The molecule has 0 saturated heterocycles. The second-order valence-electron chi connectivity index (χ2n) is 5.68. The van der Waals surface area contributed by atoms with E-state index in [-0.39, 0.29) is 16.4 Å². The summed E-state index contributed by atoms with van der Waals surface area (Å²) in [6.07, 6.45) is -2.41. The highest BCUT2D eigenvalue weighted by atomic mass is 32.2. The molecule has 1 aromatic carbocycles. The summed E-state index contributed by atoms with van der Waals surface area (Å²) >= 11 is 0. The van der Waals surface area contributed by atoms with Crippen LogP contribution in [0.2, 0.25) is 0 Å². The minimum absolute atomic E-state index is 0.0771. The predicted molar refractivity (Wildman–Crippen MR) is 86.2 cm³/mol. The molecule has 132 valence electrons. The average Bonchev–Trinajstić information content (AvgIpc) is 3.13. The van der Waals surface area contributed by atoms with Crippen molar-refractivity contribution in [2.24, 2.45) is 0 Å². The maximum absolute atomic E-state index is 13.4. The number of hydrogen-bond acceptors (Lipinski definition) is 3. The summed E-state index contributed by atoms with van der Waals surface area (Å²) < 4.78 is 64.2. The van der Waals surface area contributed by atoms with Crippen LogP contribution in [0, 0.1) is 6.92 Å². The Hall–Kier alpha value is -2.55. The first kappa shape index (κ1) is 17.3. The van der Waals surface area contributed by atoms with Crippen molar-refractivity contribution in [2.45, 2.75) is 18.1 Å². The Kier molecular flexibility index (Phi) is 3.98. The zero-order valence-electron chi connectivity index (χ0n) is 13.3. The van der Waals surface area contributed by atoms with Gasteiger partial charge < -0.3 is 4.98 Å². The largest absolute Gasteiger partial charge is 0.435 e. The fourth-order valence-electron chi connectivity index (χ4n) is 2.44. The number of aromatic amines is 1. The lowest BCUT2D eigenvalue weighted by molar-refractivity contribution is -0.140. The highest BCUT2D eigenvalue weighted by Gasteiger charge is 2.37. The van der Waals surface area contributed by atoms with E-state index in [0.717, 1.165) is 16.5 Å². The third-order valence-corrected chi connectivity index (χ3v) is 4.64. The normalized spacial score (nSPS) is 12.5. The zero-order chi connectivity index (χ0) is 18.4. The minimum Gasteiger partial charge on any atom is -0.331 e. The van der Waals surface area contributed by atoms with Crippen LogP contribution in [-0.4, -0.2) is 29.4 Å². The molecule has 1 N–H and O–H groups in total. The van der Waals surface area contributed by atoms with Gasteiger partial charge in [-0.05, 0) is 24.6 Å². The Balaban J connectivity index is 2.16. The van der Waals surface area contributed by atoms with Gasteiger partial charge in [-0.25, -0.2) is 13.1 Å². The molecule has 3 aromatic rings. The second kappa shape index (κ2) is 5.76. The number of alkyl halides is 3. The van der Waals surface area contributed by atoms with Crippen molar-refractivity contribution in [1.29, 1.82) is 0 Å². The molecule has 9 heteroatoms. The van der Waals surface area contributed by atoms with Crippen LogP contribution in [0.3, 0.4) is 0 Å². The summed E-state index contributed by atoms with van der Waals surface area (Å²) in [5.74, 6) is 0.129. The monoisotopic (exact) mass is 369 g/mol. The number of halogens is 3. The molecule has 5 nitrogen and oxygen atoms in total. The molecule has 0 bridgehead atoms. The fourth-order valence-corrected chi connectivity index (χ4v) is 3.05. The Morgan fingerprint density at radius 2 is 1.88 bits per heavy atom. The molecule has 2 heterocycles. The lowest BCUT2D eigenvalue weighted by Gasteiger charge is -2.06. The van der Waals surface area contributed by atoms with Crippen LogP contribution in [-0.2, 0) is 16.0 Å². The Morgan fingerprint density at radius 1 is 1.16 bits per heavy atom. The van der Waals surface area contributed by atoms with Crippen molar-refractivity contribution >= 4 is 9.84 Å². The predicted octanol–water partition coefficient (Wildman–Crippen LogP) is 3.60. The van der Waals surface area contributed by atoms with Crippen molar-refractivity contribution in [2.75, 3.05) is 6.26 Å². The van der Waals surface area contributed by atoms with Gasteiger partial charge in [0.25, 0.3) is 0 Å². The molecule has 0 aliphatic heterocycles.